The van der Waals surface area contributed by atoms with Crippen molar-refractivity contribution < 1.29 is 13.3 Å². The van der Waals surface area contributed by atoms with Gasteiger partial charge < -0.3 is 0 Å². The molecule has 0 radical (unpaired) electrons. The van der Waals surface area contributed by atoms with Gasteiger partial charge >= 0.3 is 0 Å². The van der Waals surface area contributed by atoms with Crippen molar-refractivity contribution in [3.63, 3.8) is 0 Å². The van der Waals surface area contributed by atoms with E-state index in [0.29, 0.717) is 6.42 Å². The van der Waals surface area contributed by atoms with Crippen molar-refractivity contribution in [3.8, 4) is 0 Å². The van der Waals surface area contributed by atoms with E-state index < -0.39 is 26.7 Å². The van der Waals surface area contributed by atoms with Gasteiger partial charge in [-0.1, -0.05) is 49.4 Å². The maximum Gasteiger partial charge on any atom is 0.289 e. The average Bonchev–Trinajstić information content (AvgIpc) is 2.53. The van der Waals surface area contributed by atoms with E-state index in [1.807, 2.05) is 37.3 Å². The predicted octanol–water partition coefficient (Wildman–Crippen LogP) is 3.02. The molecule has 2 rings (SSSR count). The molecule has 0 aromatic heterocycles. The van der Waals surface area contributed by atoms with Crippen LogP contribution in [0, 0.1) is 10.1 Å². The molecule has 6 nitrogen and oxygen atoms in total. The molecule has 0 saturated carbocycles. The highest BCUT2D eigenvalue weighted by Crippen LogP contribution is 2.25. The molecule has 0 bridgehead atoms. The summed E-state index contributed by atoms with van der Waals surface area (Å²) in [5, 5.41) is 11.0. The lowest BCUT2D eigenvalue weighted by atomic mass is 10.1. The van der Waals surface area contributed by atoms with Crippen LogP contribution in [0.4, 0.5) is 5.69 Å². The molecule has 0 aliphatic carbocycles. The Morgan fingerprint density at radius 3 is 2.27 bits per heavy atom. The third kappa shape index (κ3) is 3.49. The van der Waals surface area contributed by atoms with E-state index in [1.165, 1.54) is 24.3 Å². The summed E-state index contributed by atoms with van der Waals surface area (Å²) in [5.41, 5.74) is 0.380. The Hall–Kier alpha value is -2.25. The summed E-state index contributed by atoms with van der Waals surface area (Å²) in [4.78, 5) is 9.99. The van der Waals surface area contributed by atoms with Crippen molar-refractivity contribution in [2.75, 3.05) is 0 Å². The van der Waals surface area contributed by atoms with Crippen LogP contribution in [0.5, 0.6) is 0 Å². The van der Waals surface area contributed by atoms with E-state index in [2.05, 4.69) is 4.72 Å². The SMILES string of the molecule is CC[C@@H](NS(=O)(=O)c1ccccc1[N+](=O)[O-])c1ccccc1. The third-order valence-corrected chi connectivity index (χ3v) is 4.78. The summed E-state index contributed by atoms with van der Waals surface area (Å²) in [6.07, 6.45) is 0.532. The van der Waals surface area contributed by atoms with Crippen LogP contribution in [0.3, 0.4) is 0 Å². The van der Waals surface area contributed by atoms with E-state index in [9.17, 15) is 18.5 Å². The lowest BCUT2D eigenvalue weighted by Crippen LogP contribution is -2.28. The molecular weight excluding hydrogens is 304 g/mol. The van der Waals surface area contributed by atoms with Crippen LogP contribution in [0.2, 0.25) is 0 Å². The van der Waals surface area contributed by atoms with Gasteiger partial charge in [-0.3, -0.25) is 10.1 Å². The minimum absolute atomic E-state index is 0.325. The zero-order chi connectivity index (χ0) is 16.2. The van der Waals surface area contributed by atoms with Crippen molar-refractivity contribution in [2.45, 2.75) is 24.3 Å². The fraction of sp³-hybridized carbons (Fsp3) is 0.200. The lowest BCUT2D eigenvalue weighted by Gasteiger charge is -2.17. The Morgan fingerprint density at radius 1 is 1.09 bits per heavy atom. The Morgan fingerprint density at radius 2 is 1.68 bits per heavy atom. The summed E-state index contributed by atoms with van der Waals surface area (Å²) in [6.45, 7) is 1.85. The number of nitro benzene ring substituents is 1. The molecule has 22 heavy (non-hydrogen) atoms. The highest BCUT2D eigenvalue weighted by molar-refractivity contribution is 7.89. The number of sulfonamides is 1. The number of nitrogens with one attached hydrogen (secondary N) is 1. The highest BCUT2D eigenvalue weighted by Gasteiger charge is 2.27. The van der Waals surface area contributed by atoms with Crippen LogP contribution < -0.4 is 4.72 Å². The molecule has 7 heteroatoms. The van der Waals surface area contributed by atoms with Gasteiger partial charge in [-0.2, -0.15) is 0 Å². The molecule has 116 valence electrons. The Labute approximate surface area is 129 Å². The molecule has 2 aromatic rings. The van der Waals surface area contributed by atoms with Gasteiger partial charge in [0.15, 0.2) is 4.90 Å². The number of benzene rings is 2. The van der Waals surface area contributed by atoms with Crippen molar-refractivity contribution in [1.82, 2.24) is 4.72 Å². The van der Waals surface area contributed by atoms with Crippen LogP contribution >= 0.6 is 0 Å². The van der Waals surface area contributed by atoms with Crippen LogP contribution in [0.25, 0.3) is 0 Å². The Balaban J connectivity index is 2.37. The summed E-state index contributed by atoms with van der Waals surface area (Å²) in [7, 11) is -3.99. The number of hydrogen-bond acceptors (Lipinski definition) is 4. The maximum atomic E-state index is 12.5. The van der Waals surface area contributed by atoms with Crippen molar-refractivity contribution in [2.24, 2.45) is 0 Å². The fourth-order valence-corrected chi connectivity index (χ4v) is 3.64. The maximum absolute atomic E-state index is 12.5. The van der Waals surface area contributed by atoms with Gasteiger partial charge in [0.2, 0.25) is 10.0 Å². The molecule has 0 saturated heterocycles. The summed E-state index contributed by atoms with van der Waals surface area (Å²) >= 11 is 0. The van der Waals surface area contributed by atoms with E-state index in [-0.39, 0.29) is 4.90 Å². The largest absolute Gasteiger partial charge is 0.289 e. The Bertz CT molecular complexity index is 760. The number of rotatable bonds is 6. The third-order valence-electron chi connectivity index (χ3n) is 3.26. The quantitative estimate of drug-likeness (QED) is 0.654. The van der Waals surface area contributed by atoms with Crippen LogP contribution in [0.1, 0.15) is 24.9 Å². The van der Waals surface area contributed by atoms with Gasteiger partial charge in [-0.15, -0.1) is 0 Å². The zero-order valence-corrected chi connectivity index (χ0v) is 12.8. The number of nitrogens with zero attached hydrogens (tertiary/aromatic N) is 1. The lowest BCUT2D eigenvalue weighted by molar-refractivity contribution is -0.387. The average molecular weight is 320 g/mol. The zero-order valence-electron chi connectivity index (χ0n) is 12.0. The smallest absolute Gasteiger partial charge is 0.258 e. The summed E-state index contributed by atoms with van der Waals surface area (Å²) in [6, 6.07) is 14.0. The highest BCUT2D eigenvalue weighted by atomic mass is 32.2. The molecule has 0 unspecified atom stereocenters. The van der Waals surface area contributed by atoms with Crippen LogP contribution in [0.15, 0.2) is 59.5 Å². The van der Waals surface area contributed by atoms with Gasteiger partial charge in [-0.25, -0.2) is 13.1 Å². The second-order valence-corrected chi connectivity index (χ2v) is 6.40. The van der Waals surface area contributed by atoms with Crippen molar-refractivity contribution in [3.05, 3.63) is 70.3 Å². The molecule has 0 aliphatic rings. The van der Waals surface area contributed by atoms with Crippen molar-refractivity contribution in [1.29, 1.82) is 0 Å². The van der Waals surface area contributed by atoms with Gasteiger partial charge in [0, 0.05) is 12.1 Å². The number of nitro groups is 1. The fourth-order valence-electron chi connectivity index (χ4n) is 2.16. The molecule has 0 aliphatic heterocycles. The normalized spacial score (nSPS) is 12.8. The van der Waals surface area contributed by atoms with E-state index >= 15 is 0 Å². The number of hydrogen-bond donors (Lipinski definition) is 1. The minimum Gasteiger partial charge on any atom is -0.258 e. The second-order valence-electron chi connectivity index (χ2n) is 4.72. The molecule has 0 heterocycles. The van der Waals surface area contributed by atoms with Gasteiger partial charge in [0.1, 0.15) is 0 Å². The second kappa shape index (κ2) is 6.67. The molecule has 2 aromatic carbocycles. The van der Waals surface area contributed by atoms with E-state index in [0.717, 1.165) is 5.56 Å². The summed E-state index contributed by atoms with van der Waals surface area (Å²) < 4.78 is 27.5. The molecule has 0 amide bonds. The standard InChI is InChI=1S/C15H16N2O4S/c1-2-13(12-8-4-3-5-9-12)16-22(20,21)15-11-7-6-10-14(15)17(18)19/h3-11,13,16H,2H2,1H3/t13-/m1/s1. The minimum atomic E-state index is -3.99. The predicted molar refractivity (Wildman–Crippen MR) is 82.9 cm³/mol. The van der Waals surface area contributed by atoms with Crippen LogP contribution in [-0.4, -0.2) is 13.3 Å². The molecule has 1 atom stereocenters. The first kappa shape index (κ1) is 16.1. The van der Waals surface area contributed by atoms with E-state index in [1.54, 1.807) is 0 Å². The molecule has 0 spiro atoms. The van der Waals surface area contributed by atoms with Gasteiger partial charge in [0.25, 0.3) is 5.69 Å². The van der Waals surface area contributed by atoms with Gasteiger partial charge in [0.05, 0.1) is 4.92 Å². The first-order chi connectivity index (χ1) is 10.5. The topological polar surface area (TPSA) is 89.3 Å². The number of para-hydroxylation sites is 1. The summed E-state index contributed by atoms with van der Waals surface area (Å²) in [5.74, 6) is 0. The molecule has 0 fully saturated rings. The monoisotopic (exact) mass is 320 g/mol. The van der Waals surface area contributed by atoms with Crippen molar-refractivity contribution >= 4 is 15.7 Å². The molecular formula is C15H16N2O4S. The first-order valence-corrected chi connectivity index (χ1v) is 8.24. The Kier molecular flexibility index (Phi) is 4.89. The van der Waals surface area contributed by atoms with E-state index in [4.69, 9.17) is 0 Å². The van der Waals surface area contributed by atoms with Gasteiger partial charge in [-0.05, 0) is 18.1 Å². The van der Waals surface area contributed by atoms with Crippen LogP contribution in [-0.2, 0) is 10.0 Å². The molecule has 1 N–H and O–H groups in total. The first-order valence-electron chi connectivity index (χ1n) is 6.76.